The fraction of sp³-hybridized carbons (Fsp3) is 0.235. The normalized spacial score (nSPS) is 10.7. The number of hydrogen-bond donors (Lipinski definition) is 0. The summed E-state index contributed by atoms with van der Waals surface area (Å²) in [6.45, 7) is 4.36. The number of aromatic nitrogens is 4. The first-order chi connectivity index (χ1) is 11.1. The Morgan fingerprint density at radius 3 is 2.57 bits per heavy atom. The van der Waals surface area contributed by atoms with Gasteiger partial charge in [0.25, 0.3) is 0 Å². The molecule has 6 nitrogen and oxygen atoms in total. The predicted octanol–water partition coefficient (Wildman–Crippen LogP) is 2.16. The lowest BCUT2D eigenvalue weighted by Crippen LogP contribution is -2.23. The quantitative estimate of drug-likeness (QED) is 0.741. The Bertz CT molecular complexity index is 896. The first-order valence-electron chi connectivity index (χ1n) is 7.33. The van der Waals surface area contributed by atoms with Crippen LogP contribution in [0, 0.1) is 13.8 Å². The van der Waals surface area contributed by atoms with Gasteiger partial charge in [-0.05, 0) is 53.6 Å². The Morgan fingerprint density at radius 2 is 1.87 bits per heavy atom. The van der Waals surface area contributed by atoms with E-state index in [9.17, 15) is 4.79 Å². The van der Waals surface area contributed by atoms with E-state index in [2.05, 4.69) is 10.4 Å². The maximum absolute atomic E-state index is 12.1. The second-order valence-electron chi connectivity index (χ2n) is 5.47. The van der Waals surface area contributed by atoms with Crippen molar-refractivity contribution < 1.29 is 4.74 Å². The van der Waals surface area contributed by atoms with Crippen molar-refractivity contribution in [3.05, 3.63) is 69.6 Å². The lowest BCUT2D eigenvalue weighted by molar-refractivity contribution is 0.304. The first kappa shape index (κ1) is 15.0. The summed E-state index contributed by atoms with van der Waals surface area (Å²) in [4.78, 5) is 12.1. The molecule has 0 spiro atoms. The van der Waals surface area contributed by atoms with E-state index in [-0.39, 0.29) is 5.69 Å². The standard InChI is InChI=1S/C17H18N4O2/c1-12-6-4-8-14(10-12)23-11-15-13(2)7-5-9-16(15)21-17(22)20(3)18-19-21/h4-10H,11H2,1-3H3. The molecule has 0 bridgehead atoms. The van der Waals surface area contributed by atoms with Crippen LogP contribution in [0.1, 0.15) is 16.7 Å². The van der Waals surface area contributed by atoms with Gasteiger partial charge in [0.1, 0.15) is 12.4 Å². The molecule has 6 heteroatoms. The molecule has 0 saturated carbocycles. The van der Waals surface area contributed by atoms with Crippen LogP contribution in [0.25, 0.3) is 5.69 Å². The molecule has 0 radical (unpaired) electrons. The van der Waals surface area contributed by atoms with Gasteiger partial charge in [-0.2, -0.15) is 9.36 Å². The first-order valence-corrected chi connectivity index (χ1v) is 7.33. The number of hydrogen-bond acceptors (Lipinski definition) is 4. The molecule has 0 amide bonds. The zero-order valence-corrected chi connectivity index (χ0v) is 13.4. The van der Waals surface area contributed by atoms with Crippen molar-refractivity contribution >= 4 is 0 Å². The summed E-state index contributed by atoms with van der Waals surface area (Å²) in [5.74, 6) is 0.797. The van der Waals surface area contributed by atoms with Gasteiger partial charge in [-0.25, -0.2) is 4.79 Å². The van der Waals surface area contributed by atoms with Gasteiger partial charge in [0, 0.05) is 12.6 Å². The van der Waals surface area contributed by atoms with Crippen molar-refractivity contribution in [2.24, 2.45) is 7.05 Å². The molecule has 118 valence electrons. The second kappa shape index (κ2) is 6.08. The molecule has 1 heterocycles. The van der Waals surface area contributed by atoms with E-state index in [0.29, 0.717) is 12.3 Å². The number of benzene rings is 2. The average Bonchev–Trinajstić information content (AvgIpc) is 2.86. The Kier molecular flexibility index (Phi) is 3.97. The van der Waals surface area contributed by atoms with Gasteiger partial charge in [-0.15, -0.1) is 0 Å². The highest BCUT2D eigenvalue weighted by Crippen LogP contribution is 2.20. The van der Waals surface area contributed by atoms with Crippen molar-refractivity contribution in [2.75, 3.05) is 0 Å². The van der Waals surface area contributed by atoms with Crippen LogP contribution in [-0.2, 0) is 13.7 Å². The van der Waals surface area contributed by atoms with Crippen LogP contribution in [0.4, 0.5) is 0 Å². The highest BCUT2D eigenvalue weighted by atomic mass is 16.5. The number of tetrazole rings is 1. The third-order valence-electron chi connectivity index (χ3n) is 3.71. The zero-order chi connectivity index (χ0) is 16.4. The molecule has 0 unspecified atom stereocenters. The summed E-state index contributed by atoms with van der Waals surface area (Å²) in [5.41, 5.74) is 3.49. The SMILES string of the molecule is Cc1cccc(OCc2c(C)cccc2-n2nnn(C)c2=O)c1. The summed E-state index contributed by atoms with van der Waals surface area (Å²) in [6, 6.07) is 13.6. The molecular formula is C17H18N4O2. The van der Waals surface area contributed by atoms with Gasteiger partial charge in [0.2, 0.25) is 0 Å². The van der Waals surface area contributed by atoms with E-state index in [0.717, 1.165) is 22.4 Å². The minimum atomic E-state index is -0.285. The highest BCUT2D eigenvalue weighted by molar-refractivity contribution is 5.44. The minimum Gasteiger partial charge on any atom is -0.489 e. The van der Waals surface area contributed by atoms with Gasteiger partial charge in [0.05, 0.1) is 5.69 Å². The van der Waals surface area contributed by atoms with Gasteiger partial charge in [-0.3, -0.25) is 0 Å². The monoisotopic (exact) mass is 310 g/mol. The van der Waals surface area contributed by atoms with Crippen LogP contribution < -0.4 is 10.4 Å². The molecule has 0 N–H and O–H groups in total. The van der Waals surface area contributed by atoms with E-state index in [1.54, 1.807) is 7.05 Å². The van der Waals surface area contributed by atoms with E-state index < -0.39 is 0 Å². The van der Waals surface area contributed by atoms with Gasteiger partial charge >= 0.3 is 5.69 Å². The average molecular weight is 310 g/mol. The molecule has 0 fully saturated rings. The Hall–Kier alpha value is -2.89. The summed E-state index contributed by atoms with van der Waals surface area (Å²) in [5, 5.41) is 7.69. The zero-order valence-electron chi connectivity index (χ0n) is 13.4. The van der Waals surface area contributed by atoms with E-state index in [4.69, 9.17) is 4.74 Å². The maximum atomic E-state index is 12.1. The third-order valence-corrected chi connectivity index (χ3v) is 3.71. The molecule has 0 aliphatic heterocycles. The van der Waals surface area contributed by atoms with Gasteiger partial charge in [-0.1, -0.05) is 24.3 Å². The minimum absolute atomic E-state index is 0.285. The van der Waals surface area contributed by atoms with E-state index >= 15 is 0 Å². The number of aryl methyl sites for hydroxylation is 3. The Balaban J connectivity index is 1.96. The largest absolute Gasteiger partial charge is 0.489 e. The molecular weight excluding hydrogens is 292 g/mol. The summed E-state index contributed by atoms with van der Waals surface area (Å²) >= 11 is 0. The van der Waals surface area contributed by atoms with Gasteiger partial charge in [0.15, 0.2) is 0 Å². The van der Waals surface area contributed by atoms with Crippen LogP contribution in [-0.4, -0.2) is 19.8 Å². The van der Waals surface area contributed by atoms with Gasteiger partial charge < -0.3 is 4.74 Å². The summed E-state index contributed by atoms with van der Waals surface area (Å²) in [6.07, 6.45) is 0. The molecule has 0 saturated heterocycles. The van der Waals surface area contributed by atoms with Crippen molar-refractivity contribution in [3.8, 4) is 11.4 Å². The molecule has 0 atom stereocenters. The second-order valence-corrected chi connectivity index (χ2v) is 5.47. The van der Waals surface area contributed by atoms with E-state index in [1.165, 1.54) is 9.36 Å². The van der Waals surface area contributed by atoms with Crippen LogP contribution >= 0.6 is 0 Å². The highest BCUT2D eigenvalue weighted by Gasteiger charge is 2.13. The molecule has 3 aromatic rings. The molecule has 23 heavy (non-hydrogen) atoms. The third kappa shape index (κ3) is 3.01. The fourth-order valence-corrected chi connectivity index (χ4v) is 2.40. The van der Waals surface area contributed by atoms with Crippen molar-refractivity contribution in [1.82, 2.24) is 19.8 Å². The van der Waals surface area contributed by atoms with Crippen LogP contribution in [0.15, 0.2) is 47.3 Å². The summed E-state index contributed by atoms with van der Waals surface area (Å²) in [7, 11) is 1.57. The van der Waals surface area contributed by atoms with Crippen molar-refractivity contribution in [3.63, 3.8) is 0 Å². The molecule has 1 aromatic heterocycles. The van der Waals surface area contributed by atoms with Crippen molar-refractivity contribution in [2.45, 2.75) is 20.5 Å². The predicted molar refractivity (Wildman–Crippen MR) is 86.8 cm³/mol. The molecule has 3 rings (SSSR count). The fourth-order valence-electron chi connectivity index (χ4n) is 2.40. The van der Waals surface area contributed by atoms with Crippen LogP contribution in [0.5, 0.6) is 5.75 Å². The molecule has 0 aliphatic carbocycles. The maximum Gasteiger partial charge on any atom is 0.368 e. The molecule has 0 aliphatic rings. The molecule has 2 aromatic carbocycles. The summed E-state index contributed by atoms with van der Waals surface area (Å²) < 4.78 is 8.39. The van der Waals surface area contributed by atoms with E-state index in [1.807, 2.05) is 56.3 Å². The van der Waals surface area contributed by atoms with Crippen LogP contribution in [0.3, 0.4) is 0 Å². The number of ether oxygens (including phenoxy) is 1. The smallest absolute Gasteiger partial charge is 0.368 e. The Labute approximate surface area is 133 Å². The number of nitrogens with zero attached hydrogens (tertiary/aromatic N) is 4. The Morgan fingerprint density at radius 1 is 1.09 bits per heavy atom. The van der Waals surface area contributed by atoms with Crippen LogP contribution in [0.2, 0.25) is 0 Å². The lowest BCUT2D eigenvalue weighted by Gasteiger charge is -2.13. The number of rotatable bonds is 4. The lowest BCUT2D eigenvalue weighted by atomic mass is 10.1. The topological polar surface area (TPSA) is 61.9 Å². The van der Waals surface area contributed by atoms with Crippen molar-refractivity contribution in [1.29, 1.82) is 0 Å².